The predicted octanol–water partition coefficient (Wildman–Crippen LogP) is 3.95. The van der Waals surface area contributed by atoms with E-state index in [-0.39, 0.29) is 17.0 Å². The van der Waals surface area contributed by atoms with E-state index in [4.69, 9.17) is 4.74 Å². The normalized spacial score (nSPS) is 12.0. The number of nitrogens with one attached hydrogen (secondary N) is 1. The topological polar surface area (TPSA) is 71.5 Å². The van der Waals surface area contributed by atoms with Gasteiger partial charge in [0, 0.05) is 18.3 Å². The minimum atomic E-state index is -3.59. The third kappa shape index (κ3) is 4.34. The Kier molecular flexibility index (Phi) is 6.26. The summed E-state index contributed by atoms with van der Waals surface area (Å²) in [6.45, 7) is 9.45. The number of benzene rings is 1. The van der Waals surface area contributed by atoms with Crippen molar-refractivity contribution in [3.8, 4) is 5.75 Å². The number of nitrogens with zero attached hydrogens (tertiary/aromatic N) is 2. The predicted molar refractivity (Wildman–Crippen MR) is 105 cm³/mol. The number of pyridine rings is 1. The summed E-state index contributed by atoms with van der Waals surface area (Å²) in [5.74, 6) is 1.24. The molecule has 0 aliphatic carbocycles. The van der Waals surface area contributed by atoms with Crippen molar-refractivity contribution >= 4 is 21.5 Å². The van der Waals surface area contributed by atoms with Crippen LogP contribution >= 0.6 is 0 Å². The Hall–Kier alpha value is -2.12. The molecule has 0 aliphatic rings. The van der Waals surface area contributed by atoms with Crippen molar-refractivity contribution in [2.45, 2.75) is 51.6 Å². The third-order valence-corrected chi connectivity index (χ3v) is 6.18. The van der Waals surface area contributed by atoms with Crippen molar-refractivity contribution in [3.05, 3.63) is 42.1 Å². The fourth-order valence-corrected chi connectivity index (χ4v) is 4.72. The third-order valence-electron chi connectivity index (χ3n) is 3.95. The van der Waals surface area contributed by atoms with E-state index in [1.807, 2.05) is 52.8 Å². The van der Waals surface area contributed by atoms with Crippen LogP contribution < -0.4 is 10.1 Å². The van der Waals surface area contributed by atoms with Gasteiger partial charge in [0.25, 0.3) is 0 Å². The fraction of sp³-hybridized carbons (Fsp3) is 0.421. The van der Waals surface area contributed by atoms with Crippen molar-refractivity contribution in [3.63, 3.8) is 0 Å². The molecule has 0 radical (unpaired) electrons. The molecule has 0 aliphatic heterocycles. The highest BCUT2D eigenvalue weighted by Gasteiger charge is 2.29. The van der Waals surface area contributed by atoms with Gasteiger partial charge in [0.15, 0.2) is 0 Å². The number of anilines is 2. The molecule has 2 rings (SSSR count). The van der Waals surface area contributed by atoms with Crippen LogP contribution in [0.5, 0.6) is 5.75 Å². The van der Waals surface area contributed by atoms with E-state index in [2.05, 4.69) is 10.3 Å². The summed E-state index contributed by atoms with van der Waals surface area (Å²) in [5.41, 5.74) is 1.86. The highest BCUT2D eigenvalue weighted by atomic mass is 32.2. The molecule has 6 nitrogen and oxygen atoms in total. The summed E-state index contributed by atoms with van der Waals surface area (Å²) < 4.78 is 32.6. The molecule has 142 valence electrons. The van der Waals surface area contributed by atoms with Gasteiger partial charge in [-0.1, -0.05) is 6.07 Å². The van der Waals surface area contributed by atoms with Gasteiger partial charge in [-0.25, -0.2) is 13.4 Å². The van der Waals surface area contributed by atoms with E-state index in [9.17, 15) is 8.42 Å². The second-order valence-corrected chi connectivity index (χ2v) is 8.57. The van der Waals surface area contributed by atoms with Gasteiger partial charge in [-0.3, -0.25) is 0 Å². The fourth-order valence-electron chi connectivity index (χ4n) is 2.94. The van der Waals surface area contributed by atoms with Gasteiger partial charge in [-0.2, -0.15) is 4.31 Å². The lowest BCUT2D eigenvalue weighted by molar-refractivity contribution is 0.302. The smallest absolute Gasteiger partial charge is 0.245 e. The molecule has 0 unspecified atom stereocenters. The van der Waals surface area contributed by atoms with E-state index in [0.29, 0.717) is 11.6 Å². The summed E-state index contributed by atoms with van der Waals surface area (Å²) in [6.07, 6.45) is 1.39. The van der Waals surface area contributed by atoms with Gasteiger partial charge in [0.1, 0.15) is 16.5 Å². The number of hydrogen-bond donors (Lipinski definition) is 1. The first-order valence-electron chi connectivity index (χ1n) is 8.58. The minimum Gasteiger partial charge on any atom is -0.495 e. The van der Waals surface area contributed by atoms with E-state index in [0.717, 1.165) is 11.3 Å². The van der Waals surface area contributed by atoms with E-state index < -0.39 is 10.0 Å². The molecule has 0 spiro atoms. The first-order chi connectivity index (χ1) is 12.2. The first-order valence-corrected chi connectivity index (χ1v) is 10.0. The molecule has 0 bridgehead atoms. The average Bonchev–Trinajstić information content (AvgIpc) is 2.54. The number of aryl methyl sites for hydroxylation is 1. The van der Waals surface area contributed by atoms with Gasteiger partial charge < -0.3 is 10.1 Å². The Balaban J connectivity index is 2.30. The van der Waals surface area contributed by atoms with Gasteiger partial charge in [-0.15, -0.1) is 0 Å². The summed E-state index contributed by atoms with van der Waals surface area (Å²) in [7, 11) is -1.99. The molecular formula is C19H27N3O3S. The molecule has 1 heterocycles. The lowest BCUT2D eigenvalue weighted by Crippen LogP contribution is -2.41. The standard InChI is InChI=1S/C19H27N3O3S/c1-13(2)22(14(3)4)26(23,24)16-8-10-19(20-12-16)21-17-11-15(5)7-9-18(17)25-6/h7-14H,1-6H3,(H,20,21). The molecule has 1 aromatic carbocycles. The molecule has 0 saturated heterocycles. The van der Waals surface area contributed by atoms with Crippen molar-refractivity contribution < 1.29 is 13.2 Å². The zero-order valence-corrected chi connectivity index (χ0v) is 17.0. The van der Waals surface area contributed by atoms with E-state index >= 15 is 0 Å². The van der Waals surface area contributed by atoms with Crippen LogP contribution in [-0.4, -0.2) is 36.9 Å². The molecule has 1 aromatic heterocycles. The first kappa shape index (κ1) is 20.2. The Labute approximate surface area is 156 Å². The van der Waals surface area contributed by atoms with Crippen molar-refractivity contribution in [1.82, 2.24) is 9.29 Å². The van der Waals surface area contributed by atoms with Crippen LogP contribution in [0.4, 0.5) is 11.5 Å². The molecule has 2 aromatic rings. The van der Waals surface area contributed by atoms with Crippen LogP contribution in [0.15, 0.2) is 41.4 Å². The zero-order valence-electron chi connectivity index (χ0n) is 16.1. The summed E-state index contributed by atoms with van der Waals surface area (Å²) in [6, 6.07) is 8.76. The lowest BCUT2D eigenvalue weighted by Gasteiger charge is -2.29. The summed E-state index contributed by atoms with van der Waals surface area (Å²) >= 11 is 0. The van der Waals surface area contributed by atoms with Crippen LogP contribution in [0, 0.1) is 6.92 Å². The van der Waals surface area contributed by atoms with E-state index in [1.54, 1.807) is 19.2 Å². The molecule has 0 saturated carbocycles. The number of ether oxygens (including phenoxy) is 1. The molecule has 0 amide bonds. The van der Waals surface area contributed by atoms with Crippen LogP contribution in [0.3, 0.4) is 0 Å². The minimum absolute atomic E-state index is 0.130. The van der Waals surface area contributed by atoms with Crippen molar-refractivity contribution in [2.75, 3.05) is 12.4 Å². The number of aromatic nitrogens is 1. The second kappa shape index (κ2) is 8.05. The maximum atomic E-state index is 12.9. The second-order valence-electron chi connectivity index (χ2n) is 6.73. The van der Waals surface area contributed by atoms with Crippen molar-refractivity contribution in [2.24, 2.45) is 0 Å². The molecule has 0 atom stereocenters. The van der Waals surface area contributed by atoms with Crippen LogP contribution in [0.2, 0.25) is 0 Å². The van der Waals surface area contributed by atoms with Gasteiger partial charge in [-0.05, 0) is 64.4 Å². The Morgan fingerprint density at radius 1 is 1.08 bits per heavy atom. The molecule has 0 fully saturated rings. The monoisotopic (exact) mass is 377 g/mol. The Morgan fingerprint density at radius 3 is 2.23 bits per heavy atom. The Bertz CT molecular complexity index is 839. The van der Waals surface area contributed by atoms with Crippen molar-refractivity contribution in [1.29, 1.82) is 0 Å². The van der Waals surface area contributed by atoms with Gasteiger partial charge in [0.2, 0.25) is 10.0 Å². The van der Waals surface area contributed by atoms with Crippen LogP contribution in [0.1, 0.15) is 33.3 Å². The maximum Gasteiger partial charge on any atom is 0.245 e. The van der Waals surface area contributed by atoms with Gasteiger partial charge >= 0.3 is 0 Å². The maximum absolute atomic E-state index is 12.9. The molecular weight excluding hydrogens is 350 g/mol. The van der Waals surface area contributed by atoms with Crippen LogP contribution in [-0.2, 0) is 10.0 Å². The number of rotatable bonds is 7. The van der Waals surface area contributed by atoms with Gasteiger partial charge in [0.05, 0.1) is 12.8 Å². The molecule has 26 heavy (non-hydrogen) atoms. The Morgan fingerprint density at radius 2 is 1.73 bits per heavy atom. The number of hydrogen-bond acceptors (Lipinski definition) is 5. The highest BCUT2D eigenvalue weighted by Crippen LogP contribution is 2.28. The largest absolute Gasteiger partial charge is 0.495 e. The number of sulfonamides is 1. The highest BCUT2D eigenvalue weighted by molar-refractivity contribution is 7.89. The molecule has 1 N–H and O–H groups in total. The lowest BCUT2D eigenvalue weighted by atomic mass is 10.2. The quantitative estimate of drug-likeness (QED) is 0.791. The SMILES string of the molecule is COc1ccc(C)cc1Nc1ccc(S(=O)(=O)N(C(C)C)C(C)C)cn1. The summed E-state index contributed by atoms with van der Waals surface area (Å²) in [4.78, 5) is 4.46. The van der Waals surface area contributed by atoms with Crippen LogP contribution in [0.25, 0.3) is 0 Å². The number of methoxy groups -OCH3 is 1. The average molecular weight is 378 g/mol. The van der Waals surface area contributed by atoms with E-state index in [1.165, 1.54) is 10.5 Å². The summed E-state index contributed by atoms with van der Waals surface area (Å²) in [5, 5.41) is 3.17. The zero-order chi connectivity index (χ0) is 19.5. The molecule has 7 heteroatoms.